The van der Waals surface area contributed by atoms with Crippen molar-refractivity contribution in [2.24, 2.45) is 5.92 Å². The first-order valence-electron chi connectivity index (χ1n) is 5.94. The van der Waals surface area contributed by atoms with E-state index in [1.165, 1.54) is 0 Å². The Kier molecular flexibility index (Phi) is 5.22. The lowest BCUT2D eigenvalue weighted by molar-refractivity contribution is -0.140. The molecule has 0 aromatic heterocycles. The fourth-order valence-corrected chi connectivity index (χ4v) is 1.86. The SMILES string of the molecule is CC(C)C(NC(=O)c1cc(Cl)cc(C(F)(F)F)c1)C(=O)O. The maximum Gasteiger partial charge on any atom is 0.416 e. The van der Waals surface area contributed by atoms with Gasteiger partial charge >= 0.3 is 12.1 Å². The molecule has 0 spiro atoms. The van der Waals surface area contributed by atoms with Crippen LogP contribution in [0.4, 0.5) is 13.2 Å². The monoisotopic (exact) mass is 323 g/mol. The lowest BCUT2D eigenvalue weighted by atomic mass is 10.0. The summed E-state index contributed by atoms with van der Waals surface area (Å²) in [6.07, 6.45) is -4.65. The molecule has 0 bridgehead atoms. The Morgan fingerprint density at radius 1 is 1.24 bits per heavy atom. The van der Waals surface area contributed by atoms with E-state index in [1.54, 1.807) is 13.8 Å². The Hall–Kier alpha value is -1.76. The van der Waals surface area contributed by atoms with Crippen LogP contribution in [0.3, 0.4) is 0 Å². The van der Waals surface area contributed by atoms with Gasteiger partial charge in [-0.15, -0.1) is 0 Å². The third-order valence-electron chi connectivity index (χ3n) is 2.71. The molecule has 0 aliphatic carbocycles. The van der Waals surface area contributed by atoms with Crippen LogP contribution >= 0.6 is 11.6 Å². The number of benzene rings is 1. The van der Waals surface area contributed by atoms with Crippen LogP contribution in [0.25, 0.3) is 0 Å². The number of carbonyl (C=O) groups excluding carboxylic acids is 1. The smallest absolute Gasteiger partial charge is 0.416 e. The van der Waals surface area contributed by atoms with Gasteiger partial charge in [0.1, 0.15) is 6.04 Å². The number of hydrogen-bond donors (Lipinski definition) is 2. The summed E-state index contributed by atoms with van der Waals surface area (Å²) in [7, 11) is 0. The first-order valence-corrected chi connectivity index (χ1v) is 6.31. The van der Waals surface area contributed by atoms with Crippen molar-refractivity contribution in [3.8, 4) is 0 Å². The van der Waals surface area contributed by atoms with Gasteiger partial charge in [0.25, 0.3) is 5.91 Å². The van der Waals surface area contributed by atoms with Crippen molar-refractivity contribution < 1.29 is 27.9 Å². The molecule has 0 heterocycles. The van der Waals surface area contributed by atoms with Gasteiger partial charge in [-0.1, -0.05) is 25.4 Å². The summed E-state index contributed by atoms with van der Waals surface area (Å²) in [4.78, 5) is 22.9. The topological polar surface area (TPSA) is 66.4 Å². The van der Waals surface area contributed by atoms with E-state index >= 15 is 0 Å². The number of alkyl halides is 3. The number of nitrogens with one attached hydrogen (secondary N) is 1. The normalized spacial score (nSPS) is 13.1. The first kappa shape index (κ1) is 17.3. The van der Waals surface area contributed by atoms with Crippen molar-refractivity contribution in [3.63, 3.8) is 0 Å². The molecule has 1 aromatic carbocycles. The van der Waals surface area contributed by atoms with Gasteiger partial charge in [-0.2, -0.15) is 13.2 Å². The van der Waals surface area contributed by atoms with Gasteiger partial charge in [-0.25, -0.2) is 4.79 Å². The Labute approximate surface area is 123 Å². The molecule has 1 unspecified atom stereocenters. The van der Waals surface area contributed by atoms with Gasteiger partial charge in [0.2, 0.25) is 0 Å². The molecule has 0 aliphatic heterocycles. The highest BCUT2D eigenvalue weighted by Gasteiger charge is 2.32. The Bertz CT molecular complexity index is 558. The summed E-state index contributed by atoms with van der Waals surface area (Å²) in [6, 6.07) is 1.16. The third-order valence-corrected chi connectivity index (χ3v) is 2.92. The predicted molar refractivity (Wildman–Crippen MR) is 70.2 cm³/mol. The fourth-order valence-electron chi connectivity index (χ4n) is 1.62. The minimum Gasteiger partial charge on any atom is -0.480 e. The van der Waals surface area contributed by atoms with E-state index in [0.717, 1.165) is 6.07 Å². The molecule has 0 fully saturated rings. The van der Waals surface area contributed by atoms with Crippen LogP contribution in [-0.2, 0) is 11.0 Å². The number of hydrogen-bond acceptors (Lipinski definition) is 2. The van der Waals surface area contributed by atoms with Gasteiger partial charge in [0.15, 0.2) is 0 Å². The molecular weight excluding hydrogens is 311 g/mol. The standard InChI is InChI=1S/C13H13ClF3NO3/c1-6(2)10(12(20)21)18-11(19)7-3-8(13(15,16)17)5-9(14)4-7/h3-6,10H,1-2H3,(H,18,19)(H,20,21). The quantitative estimate of drug-likeness (QED) is 0.894. The van der Waals surface area contributed by atoms with E-state index in [0.29, 0.717) is 12.1 Å². The molecule has 116 valence electrons. The molecule has 1 aromatic rings. The van der Waals surface area contributed by atoms with Crippen LogP contribution in [0.2, 0.25) is 5.02 Å². The van der Waals surface area contributed by atoms with Gasteiger partial charge < -0.3 is 10.4 Å². The Morgan fingerprint density at radius 2 is 1.81 bits per heavy atom. The van der Waals surface area contributed by atoms with Crippen LogP contribution in [-0.4, -0.2) is 23.0 Å². The zero-order valence-corrected chi connectivity index (χ0v) is 11.9. The minimum atomic E-state index is -4.65. The molecule has 1 atom stereocenters. The largest absolute Gasteiger partial charge is 0.480 e. The van der Waals surface area contributed by atoms with Gasteiger partial charge in [-0.05, 0) is 24.1 Å². The van der Waals surface area contributed by atoms with Crippen molar-refractivity contribution in [3.05, 3.63) is 34.3 Å². The highest BCUT2D eigenvalue weighted by atomic mass is 35.5. The van der Waals surface area contributed by atoms with Gasteiger partial charge in [-0.3, -0.25) is 4.79 Å². The number of rotatable bonds is 4. The average Bonchev–Trinajstić information content (AvgIpc) is 2.32. The minimum absolute atomic E-state index is 0.258. The number of halogens is 4. The van der Waals surface area contributed by atoms with Crippen LogP contribution in [0.5, 0.6) is 0 Å². The number of carboxylic acid groups (broad SMARTS) is 1. The predicted octanol–water partition coefficient (Wildman–Crippen LogP) is 3.20. The second-order valence-corrected chi connectivity index (χ2v) is 5.20. The van der Waals surface area contributed by atoms with Crippen LogP contribution in [0.15, 0.2) is 18.2 Å². The second kappa shape index (κ2) is 6.34. The summed E-state index contributed by atoms with van der Waals surface area (Å²) in [5.41, 5.74) is -1.42. The molecule has 1 rings (SSSR count). The average molecular weight is 324 g/mol. The lowest BCUT2D eigenvalue weighted by Gasteiger charge is -2.18. The number of carbonyl (C=O) groups is 2. The number of amides is 1. The number of aliphatic carboxylic acids is 1. The maximum atomic E-state index is 12.6. The lowest BCUT2D eigenvalue weighted by Crippen LogP contribution is -2.44. The molecule has 0 saturated carbocycles. The Balaban J connectivity index is 3.08. The second-order valence-electron chi connectivity index (χ2n) is 4.76. The molecule has 0 aliphatic rings. The van der Waals surface area contributed by atoms with Crippen molar-refractivity contribution in [2.45, 2.75) is 26.1 Å². The molecule has 0 radical (unpaired) electrons. The van der Waals surface area contributed by atoms with E-state index in [4.69, 9.17) is 16.7 Å². The van der Waals surface area contributed by atoms with E-state index in [9.17, 15) is 22.8 Å². The summed E-state index contributed by atoms with van der Waals surface area (Å²) in [5.74, 6) is -2.62. The number of carboxylic acids is 1. The molecule has 21 heavy (non-hydrogen) atoms. The van der Waals surface area contributed by atoms with Gasteiger partial charge in [0.05, 0.1) is 5.56 Å². The highest BCUT2D eigenvalue weighted by molar-refractivity contribution is 6.31. The zero-order chi connectivity index (χ0) is 16.4. The molecule has 0 saturated heterocycles. The van der Waals surface area contributed by atoms with E-state index in [2.05, 4.69) is 5.32 Å². The maximum absolute atomic E-state index is 12.6. The molecule has 4 nitrogen and oxygen atoms in total. The molecule has 2 N–H and O–H groups in total. The van der Waals surface area contributed by atoms with Crippen molar-refractivity contribution in [2.75, 3.05) is 0 Å². The molecule has 8 heteroatoms. The van der Waals surface area contributed by atoms with Crippen LogP contribution in [0.1, 0.15) is 29.8 Å². The Morgan fingerprint density at radius 3 is 2.24 bits per heavy atom. The molecular formula is C13H13ClF3NO3. The zero-order valence-electron chi connectivity index (χ0n) is 11.2. The third kappa shape index (κ3) is 4.63. The van der Waals surface area contributed by atoms with Crippen molar-refractivity contribution in [1.29, 1.82) is 0 Å². The van der Waals surface area contributed by atoms with Gasteiger partial charge in [0, 0.05) is 10.6 Å². The highest BCUT2D eigenvalue weighted by Crippen LogP contribution is 2.31. The summed E-state index contributed by atoms with van der Waals surface area (Å²) >= 11 is 5.57. The van der Waals surface area contributed by atoms with E-state index < -0.39 is 35.6 Å². The van der Waals surface area contributed by atoms with Crippen LogP contribution < -0.4 is 5.32 Å². The summed E-state index contributed by atoms with van der Waals surface area (Å²) < 4.78 is 37.9. The van der Waals surface area contributed by atoms with Crippen molar-refractivity contribution in [1.82, 2.24) is 5.32 Å². The summed E-state index contributed by atoms with van der Waals surface area (Å²) in [6.45, 7) is 3.14. The molecule has 1 amide bonds. The summed E-state index contributed by atoms with van der Waals surface area (Å²) in [5, 5.41) is 10.9. The van der Waals surface area contributed by atoms with E-state index in [-0.39, 0.29) is 10.6 Å². The van der Waals surface area contributed by atoms with Crippen molar-refractivity contribution >= 4 is 23.5 Å². The first-order chi connectivity index (χ1) is 9.52. The van der Waals surface area contributed by atoms with Crippen LogP contribution in [0, 0.1) is 5.92 Å². The van der Waals surface area contributed by atoms with E-state index in [1.807, 2.05) is 0 Å². The fraction of sp³-hybridized carbons (Fsp3) is 0.385.